The summed E-state index contributed by atoms with van der Waals surface area (Å²) < 4.78 is 0. The third-order valence-corrected chi connectivity index (χ3v) is 3.05. The van der Waals surface area contributed by atoms with E-state index in [2.05, 4.69) is 0 Å². The highest BCUT2D eigenvalue weighted by atomic mass is 16.4. The Morgan fingerprint density at radius 1 is 1.06 bits per heavy atom. The number of hydrogen-bond donors (Lipinski definition) is 2. The number of carbonyl (C=O) groups is 2. The van der Waals surface area contributed by atoms with Crippen molar-refractivity contribution in [1.29, 1.82) is 0 Å². The summed E-state index contributed by atoms with van der Waals surface area (Å²) in [6, 6.07) is 5.80. The summed E-state index contributed by atoms with van der Waals surface area (Å²) in [5.74, 6) is -3.94. The van der Waals surface area contributed by atoms with Gasteiger partial charge in [0, 0.05) is 0 Å². The standard InChI is InChI=1S/C14H18O4/c1-8-4-9(2)6-11(5-8)7-12(14(17)18)10(3)13(15)16/h4-6,10,12H,7H2,1-3H3,(H,15,16)(H,17,18)/t10-,12-/m0/s1. The van der Waals surface area contributed by atoms with E-state index in [0.29, 0.717) is 0 Å². The monoisotopic (exact) mass is 250 g/mol. The lowest BCUT2D eigenvalue weighted by Gasteiger charge is -2.17. The van der Waals surface area contributed by atoms with Gasteiger partial charge in [0.1, 0.15) is 0 Å². The summed E-state index contributed by atoms with van der Waals surface area (Å²) in [5, 5.41) is 18.1. The molecule has 98 valence electrons. The maximum absolute atomic E-state index is 11.2. The predicted octanol–water partition coefficient (Wildman–Crippen LogP) is 2.27. The molecule has 0 saturated heterocycles. The maximum atomic E-state index is 11.2. The Morgan fingerprint density at radius 3 is 1.94 bits per heavy atom. The van der Waals surface area contributed by atoms with Crippen LogP contribution in [0.4, 0.5) is 0 Å². The Morgan fingerprint density at radius 2 is 1.56 bits per heavy atom. The second-order valence-corrected chi connectivity index (χ2v) is 4.77. The van der Waals surface area contributed by atoms with Crippen molar-refractivity contribution in [2.24, 2.45) is 11.8 Å². The highest BCUT2D eigenvalue weighted by molar-refractivity contribution is 5.79. The van der Waals surface area contributed by atoms with Gasteiger partial charge >= 0.3 is 11.9 Å². The molecule has 0 unspecified atom stereocenters. The van der Waals surface area contributed by atoms with Crippen LogP contribution < -0.4 is 0 Å². The zero-order valence-corrected chi connectivity index (χ0v) is 10.8. The molecule has 0 aromatic heterocycles. The average molecular weight is 250 g/mol. The highest BCUT2D eigenvalue weighted by Gasteiger charge is 2.30. The molecule has 4 nitrogen and oxygen atoms in total. The van der Waals surface area contributed by atoms with E-state index >= 15 is 0 Å². The first-order chi connectivity index (χ1) is 8.31. The zero-order chi connectivity index (χ0) is 13.9. The van der Waals surface area contributed by atoms with E-state index < -0.39 is 23.8 Å². The molecule has 1 rings (SSSR count). The van der Waals surface area contributed by atoms with Crippen LogP contribution in [0.15, 0.2) is 18.2 Å². The van der Waals surface area contributed by atoms with Crippen molar-refractivity contribution in [2.45, 2.75) is 27.2 Å². The molecule has 0 aliphatic rings. The summed E-state index contributed by atoms with van der Waals surface area (Å²) in [7, 11) is 0. The summed E-state index contributed by atoms with van der Waals surface area (Å²) in [5.41, 5.74) is 2.97. The molecule has 1 aromatic carbocycles. The van der Waals surface area contributed by atoms with E-state index in [-0.39, 0.29) is 6.42 Å². The van der Waals surface area contributed by atoms with Crippen LogP contribution in [0.5, 0.6) is 0 Å². The summed E-state index contributed by atoms with van der Waals surface area (Å²) in [4.78, 5) is 22.1. The molecule has 2 atom stereocenters. The van der Waals surface area contributed by atoms with E-state index in [1.165, 1.54) is 6.92 Å². The Labute approximate surface area is 106 Å². The lowest BCUT2D eigenvalue weighted by atomic mass is 9.87. The van der Waals surface area contributed by atoms with Gasteiger partial charge in [-0.15, -0.1) is 0 Å². The van der Waals surface area contributed by atoms with E-state index in [0.717, 1.165) is 16.7 Å². The molecule has 0 aliphatic heterocycles. The number of benzene rings is 1. The molecule has 4 heteroatoms. The van der Waals surface area contributed by atoms with Gasteiger partial charge < -0.3 is 10.2 Å². The highest BCUT2D eigenvalue weighted by Crippen LogP contribution is 2.20. The van der Waals surface area contributed by atoms with Crippen LogP contribution in [0.25, 0.3) is 0 Å². The Hall–Kier alpha value is -1.84. The second-order valence-electron chi connectivity index (χ2n) is 4.77. The van der Waals surface area contributed by atoms with Crippen molar-refractivity contribution in [1.82, 2.24) is 0 Å². The van der Waals surface area contributed by atoms with E-state index in [4.69, 9.17) is 10.2 Å². The van der Waals surface area contributed by atoms with Crippen molar-refractivity contribution in [3.63, 3.8) is 0 Å². The fraction of sp³-hybridized carbons (Fsp3) is 0.429. The van der Waals surface area contributed by atoms with Gasteiger partial charge in [-0.3, -0.25) is 9.59 Å². The van der Waals surface area contributed by atoms with E-state index in [1.54, 1.807) is 0 Å². The van der Waals surface area contributed by atoms with E-state index in [1.807, 2.05) is 32.0 Å². The fourth-order valence-electron chi connectivity index (χ4n) is 2.09. The van der Waals surface area contributed by atoms with Crippen LogP contribution in [0, 0.1) is 25.7 Å². The van der Waals surface area contributed by atoms with Crippen molar-refractivity contribution in [3.05, 3.63) is 34.9 Å². The van der Waals surface area contributed by atoms with Gasteiger partial charge in [-0.25, -0.2) is 0 Å². The van der Waals surface area contributed by atoms with Crippen LogP contribution in [-0.4, -0.2) is 22.2 Å². The molecular weight excluding hydrogens is 232 g/mol. The molecule has 0 saturated carbocycles. The third kappa shape index (κ3) is 3.58. The molecule has 0 radical (unpaired) electrons. The minimum atomic E-state index is -1.08. The van der Waals surface area contributed by atoms with Gasteiger partial charge in [-0.2, -0.15) is 0 Å². The molecule has 2 N–H and O–H groups in total. The van der Waals surface area contributed by atoms with E-state index in [9.17, 15) is 9.59 Å². The van der Waals surface area contributed by atoms with Crippen LogP contribution >= 0.6 is 0 Å². The molecule has 18 heavy (non-hydrogen) atoms. The molecular formula is C14H18O4. The summed E-state index contributed by atoms with van der Waals surface area (Å²) >= 11 is 0. The van der Waals surface area contributed by atoms with Gasteiger partial charge in [0.2, 0.25) is 0 Å². The number of carboxylic acids is 2. The molecule has 0 aliphatic carbocycles. The van der Waals surface area contributed by atoms with Crippen LogP contribution in [0.1, 0.15) is 23.6 Å². The Balaban J connectivity index is 2.96. The SMILES string of the molecule is Cc1cc(C)cc(C[C@H](C(=O)O)[C@H](C)C(=O)O)c1. The Bertz CT molecular complexity index is 445. The Kier molecular flexibility index (Phi) is 4.48. The smallest absolute Gasteiger partial charge is 0.307 e. The van der Waals surface area contributed by atoms with Crippen molar-refractivity contribution >= 4 is 11.9 Å². The third-order valence-electron chi connectivity index (χ3n) is 3.05. The number of aliphatic carboxylic acids is 2. The van der Waals surface area contributed by atoms with Crippen molar-refractivity contribution < 1.29 is 19.8 Å². The minimum absolute atomic E-state index is 0.241. The topological polar surface area (TPSA) is 74.6 Å². The second kappa shape index (κ2) is 5.67. The maximum Gasteiger partial charge on any atom is 0.307 e. The van der Waals surface area contributed by atoms with Gasteiger partial charge in [0.05, 0.1) is 11.8 Å². The fourth-order valence-corrected chi connectivity index (χ4v) is 2.09. The first kappa shape index (κ1) is 14.2. The number of rotatable bonds is 5. The lowest BCUT2D eigenvalue weighted by Crippen LogP contribution is -2.29. The quantitative estimate of drug-likeness (QED) is 0.840. The number of hydrogen-bond acceptors (Lipinski definition) is 2. The largest absolute Gasteiger partial charge is 0.481 e. The number of aryl methyl sites for hydroxylation is 2. The summed E-state index contributed by atoms with van der Waals surface area (Å²) in [6.45, 7) is 5.31. The normalized spacial score (nSPS) is 13.9. The molecule has 0 fully saturated rings. The zero-order valence-electron chi connectivity index (χ0n) is 10.8. The van der Waals surface area contributed by atoms with Crippen molar-refractivity contribution in [2.75, 3.05) is 0 Å². The molecule has 1 aromatic rings. The van der Waals surface area contributed by atoms with Gasteiger partial charge in [-0.05, 0) is 25.8 Å². The molecule has 0 amide bonds. The predicted molar refractivity (Wildman–Crippen MR) is 67.5 cm³/mol. The average Bonchev–Trinajstić information content (AvgIpc) is 2.23. The first-order valence-corrected chi connectivity index (χ1v) is 5.84. The van der Waals surface area contributed by atoms with Gasteiger partial charge in [0.15, 0.2) is 0 Å². The van der Waals surface area contributed by atoms with Gasteiger partial charge in [-0.1, -0.05) is 36.2 Å². The van der Waals surface area contributed by atoms with Crippen LogP contribution in [-0.2, 0) is 16.0 Å². The van der Waals surface area contributed by atoms with Gasteiger partial charge in [0.25, 0.3) is 0 Å². The minimum Gasteiger partial charge on any atom is -0.481 e. The van der Waals surface area contributed by atoms with Crippen molar-refractivity contribution in [3.8, 4) is 0 Å². The van der Waals surface area contributed by atoms with Crippen LogP contribution in [0.2, 0.25) is 0 Å². The molecule has 0 spiro atoms. The molecule has 0 heterocycles. The lowest BCUT2D eigenvalue weighted by molar-refractivity contribution is -0.152. The van der Waals surface area contributed by atoms with Crippen LogP contribution in [0.3, 0.4) is 0 Å². The first-order valence-electron chi connectivity index (χ1n) is 5.84. The summed E-state index contributed by atoms with van der Waals surface area (Å²) in [6.07, 6.45) is 0.241. The number of carboxylic acid groups (broad SMARTS) is 2. The molecule has 0 bridgehead atoms.